The van der Waals surface area contributed by atoms with Gasteiger partial charge in [0, 0.05) is 31.6 Å². The van der Waals surface area contributed by atoms with Gasteiger partial charge in [-0.2, -0.15) is 5.10 Å². The van der Waals surface area contributed by atoms with E-state index < -0.39 is 0 Å². The maximum Gasteiger partial charge on any atom is 0.291 e. The van der Waals surface area contributed by atoms with Crippen LogP contribution in [0.1, 0.15) is 38.2 Å². The fourth-order valence-corrected chi connectivity index (χ4v) is 4.69. The van der Waals surface area contributed by atoms with Crippen molar-refractivity contribution in [1.29, 1.82) is 0 Å². The lowest BCUT2D eigenvalue weighted by Gasteiger charge is -2.34. The third kappa shape index (κ3) is 3.83. The number of carbonyl (C=O) groups excluding carboxylic acids is 2. The standard InChI is InChI=1S/C21H29N5O2S/c1-5-23-7-9-24(10-8-23)19(27)14-26-20(28)16-12-17-15(6-11-29-17)25(16)13-18(22-26)21(2,3)4/h6,11-12H,5,7-10,13-14H2,1-4H3. The van der Waals surface area contributed by atoms with Crippen LogP contribution in [0, 0.1) is 5.41 Å². The lowest BCUT2D eigenvalue weighted by Crippen LogP contribution is -2.51. The molecule has 8 heteroatoms. The number of carbonyl (C=O) groups is 2. The minimum Gasteiger partial charge on any atom is -0.339 e. The molecule has 0 aromatic carbocycles. The number of hydrogen-bond acceptors (Lipinski definition) is 5. The second kappa shape index (κ2) is 7.57. The van der Waals surface area contributed by atoms with Crippen molar-refractivity contribution in [2.75, 3.05) is 39.3 Å². The topological polar surface area (TPSA) is 61.1 Å². The maximum absolute atomic E-state index is 13.3. The first-order chi connectivity index (χ1) is 13.8. The number of likely N-dealkylation sites (N-methyl/N-ethyl adjacent to an activating group) is 1. The zero-order valence-electron chi connectivity index (χ0n) is 17.6. The molecule has 2 amide bonds. The van der Waals surface area contributed by atoms with Gasteiger partial charge in [0.25, 0.3) is 5.91 Å². The summed E-state index contributed by atoms with van der Waals surface area (Å²) in [4.78, 5) is 30.5. The summed E-state index contributed by atoms with van der Waals surface area (Å²) in [7, 11) is 0. The van der Waals surface area contributed by atoms with Gasteiger partial charge in [-0.25, -0.2) is 5.01 Å². The Kier molecular flexibility index (Phi) is 5.25. The van der Waals surface area contributed by atoms with Crippen LogP contribution in [0.15, 0.2) is 22.6 Å². The van der Waals surface area contributed by atoms with Crippen molar-refractivity contribution in [2.24, 2.45) is 10.5 Å². The van der Waals surface area contributed by atoms with Gasteiger partial charge in [-0.15, -0.1) is 11.3 Å². The van der Waals surface area contributed by atoms with Crippen molar-refractivity contribution in [2.45, 2.75) is 34.2 Å². The predicted octanol–water partition coefficient (Wildman–Crippen LogP) is 2.72. The second-order valence-electron chi connectivity index (χ2n) is 8.76. The van der Waals surface area contributed by atoms with E-state index in [1.54, 1.807) is 11.3 Å². The number of hydrazone groups is 1. The minimum atomic E-state index is -0.206. The summed E-state index contributed by atoms with van der Waals surface area (Å²) in [5, 5.41) is 8.12. The van der Waals surface area contributed by atoms with Gasteiger partial charge in [0.15, 0.2) is 0 Å². The van der Waals surface area contributed by atoms with Gasteiger partial charge in [0.05, 0.1) is 22.5 Å². The van der Waals surface area contributed by atoms with Crippen molar-refractivity contribution >= 4 is 39.1 Å². The molecule has 0 unspecified atom stereocenters. The number of amides is 2. The average Bonchev–Trinajstić information content (AvgIpc) is 3.24. The molecule has 0 bridgehead atoms. The monoisotopic (exact) mass is 415 g/mol. The van der Waals surface area contributed by atoms with Crippen LogP contribution in [0.4, 0.5) is 0 Å². The molecule has 7 nitrogen and oxygen atoms in total. The summed E-state index contributed by atoms with van der Waals surface area (Å²) >= 11 is 1.63. The summed E-state index contributed by atoms with van der Waals surface area (Å²) in [6.45, 7) is 13.1. The zero-order chi connectivity index (χ0) is 20.8. The molecule has 0 radical (unpaired) electrons. The Balaban J connectivity index is 1.62. The number of fused-ring (bicyclic) bond motifs is 3. The summed E-state index contributed by atoms with van der Waals surface area (Å²) < 4.78 is 3.13. The lowest BCUT2D eigenvalue weighted by atomic mass is 9.90. The first-order valence-corrected chi connectivity index (χ1v) is 11.1. The molecule has 0 spiro atoms. The molecule has 2 aliphatic rings. The highest BCUT2D eigenvalue weighted by Crippen LogP contribution is 2.30. The van der Waals surface area contributed by atoms with Crippen molar-refractivity contribution in [3.8, 4) is 0 Å². The summed E-state index contributed by atoms with van der Waals surface area (Å²) in [6.07, 6.45) is 0. The molecular formula is C21H29N5O2S. The van der Waals surface area contributed by atoms with Gasteiger partial charge >= 0.3 is 0 Å². The van der Waals surface area contributed by atoms with E-state index in [1.807, 2.05) is 27.0 Å². The first-order valence-electron chi connectivity index (χ1n) is 10.2. The van der Waals surface area contributed by atoms with Crippen LogP contribution in [0.3, 0.4) is 0 Å². The smallest absolute Gasteiger partial charge is 0.291 e. The summed E-state index contributed by atoms with van der Waals surface area (Å²) in [6, 6.07) is 3.98. The van der Waals surface area contributed by atoms with E-state index in [1.165, 1.54) is 5.01 Å². The number of nitrogens with zero attached hydrogens (tertiary/aromatic N) is 5. The quantitative estimate of drug-likeness (QED) is 0.774. The Bertz CT molecular complexity index is 960. The van der Waals surface area contributed by atoms with E-state index in [0.717, 1.165) is 35.6 Å². The fourth-order valence-electron chi connectivity index (χ4n) is 3.87. The molecule has 1 saturated heterocycles. The van der Waals surface area contributed by atoms with Crippen LogP contribution < -0.4 is 0 Å². The number of rotatable bonds is 3. The minimum absolute atomic E-state index is 0.0105. The van der Waals surface area contributed by atoms with Crippen LogP contribution >= 0.6 is 11.3 Å². The molecular weight excluding hydrogens is 386 g/mol. The van der Waals surface area contributed by atoms with Crippen molar-refractivity contribution in [3.05, 3.63) is 23.2 Å². The molecule has 4 heterocycles. The Morgan fingerprint density at radius 1 is 1.21 bits per heavy atom. The number of hydrogen-bond donors (Lipinski definition) is 0. The van der Waals surface area contributed by atoms with Crippen LogP contribution in [0.25, 0.3) is 10.2 Å². The van der Waals surface area contributed by atoms with Gasteiger partial charge in [-0.3, -0.25) is 9.59 Å². The largest absolute Gasteiger partial charge is 0.339 e. The highest BCUT2D eigenvalue weighted by molar-refractivity contribution is 7.17. The molecule has 0 N–H and O–H groups in total. The number of thiophene rings is 1. The van der Waals surface area contributed by atoms with Gasteiger partial charge in [0.1, 0.15) is 12.2 Å². The van der Waals surface area contributed by atoms with Gasteiger partial charge < -0.3 is 14.4 Å². The molecule has 2 aliphatic heterocycles. The summed E-state index contributed by atoms with van der Waals surface area (Å²) in [5.74, 6) is -0.235. The van der Waals surface area contributed by atoms with Gasteiger partial charge in [-0.05, 0) is 24.1 Å². The zero-order valence-corrected chi connectivity index (χ0v) is 18.5. The van der Waals surface area contributed by atoms with Crippen molar-refractivity contribution in [1.82, 2.24) is 19.4 Å². The SMILES string of the molecule is CCN1CCN(C(=O)CN2N=C(C(C)(C)C)Cn3c(cc4sccc43)C2=O)CC1. The third-order valence-electron chi connectivity index (χ3n) is 5.85. The maximum atomic E-state index is 13.3. The molecule has 2 aromatic heterocycles. The molecule has 0 saturated carbocycles. The van der Waals surface area contributed by atoms with Crippen LogP contribution in [0.5, 0.6) is 0 Å². The molecule has 2 aromatic rings. The number of piperazine rings is 1. The molecule has 156 valence electrons. The first kappa shape index (κ1) is 20.1. The molecule has 4 rings (SSSR count). The highest BCUT2D eigenvalue weighted by Gasteiger charge is 2.32. The van der Waals surface area contributed by atoms with Crippen LogP contribution in [0.2, 0.25) is 0 Å². The van der Waals surface area contributed by atoms with E-state index in [2.05, 4.69) is 32.6 Å². The molecule has 29 heavy (non-hydrogen) atoms. The van der Waals surface area contributed by atoms with Crippen LogP contribution in [-0.4, -0.2) is 76.2 Å². The van der Waals surface area contributed by atoms with Gasteiger partial charge in [-0.1, -0.05) is 27.7 Å². The van der Waals surface area contributed by atoms with E-state index in [-0.39, 0.29) is 23.8 Å². The molecule has 1 fully saturated rings. The third-order valence-corrected chi connectivity index (χ3v) is 6.70. The van der Waals surface area contributed by atoms with E-state index in [4.69, 9.17) is 5.10 Å². The number of aromatic nitrogens is 1. The normalized spacial score (nSPS) is 18.8. The van der Waals surface area contributed by atoms with E-state index in [0.29, 0.717) is 25.3 Å². The second-order valence-corrected chi connectivity index (χ2v) is 9.71. The predicted molar refractivity (Wildman–Crippen MR) is 116 cm³/mol. The van der Waals surface area contributed by atoms with Gasteiger partial charge in [0.2, 0.25) is 5.91 Å². The molecule has 0 aliphatic carbocycles. The lowest BCUT2D eigenvalue weighted by molar-refractivity contribution is -0.133. The van der Waals surface area contributed by atoms with Crippen molar-refractivity contribution < 1.29 is 9.59 Å². The molecule has 0 atom stereocenters. The fraction of sp³-hybridized carbons (Fsp3) is 0.571. The Hall–Kier alpha value is -2.19. The van der Waals surface area contributed by atoms with E-state index >= 15 is 0 Å². The summed E-state index contributed by atoms with van der Waals surface area (Å²) in [5.41, 5.74) is 2.36. The Labute approximate surface area is 175 Å². The average molecular weight is 416 g/mol. The highest BCUT2D eigenvalue weighted by atomic mass is 32.1. The Morgan fingerprint density at radius 2 is 1.93 bits per heavy atom. The van der Waals surface area contributed by atoms with E-state index in [9.17, 15) is 9.59 Å². The Morgan fingerprint density at radius 3 is 2.59 bits per heavy atom. The van der Waals surface area contributed by atoms with Crippen molar-refractivity contribution in [3.63, 3.8) is 0 Å². The van der Waals surface area contributed by atoms with Crippen LogP contribution in [-0.2, 0) is 11.3 Å².